The van der Waals surface area contributed by atoms with Gasteiger partial charge in [-0.3, -0.25) is 19.3 Å². The number of rotatable bonds is 6. The third-order valence-electron chi connectivity index (χ3n) is 6.10. The molecule has 1 fully saturated rings. The molecular formula is C26H22N2O5. The van der Waals surface area contributed by atoms with Crippen LogP contribution in [0.4, 0.5) is 4.79 Å². The first-order chi connectivity index (χ1) is 15.8. The number of carbonyl (C=O) groups excluding carboxylic acids is 4. The predicted molar refractivity (Wildman–Crippen MR) is 121 cm³/mol. The standard InChI is InChI=1S/C26H22N2O5/c1-27-24(32)26(28(2)25(27)33,19-13-15-20(29)16-14-19)21(22(30)17-9-5-3-6-10-17)23(31)18-11-7-4-8-12-18/h3-16,21,29H,1-2H3. The zero-order chi connectivity index (χ0) is 23.8. The average molecular weight is 442 g/mol. The molecule has 0 aromatic heterocycles. The number of carbonyl (C=O) groups is 4. The van der Waals surface area contributed by atoms with E-state index in [-0.39, 0.29) is 22.4 Å². The largest absolute Gasteiger partial charge is 0.508 e. The van der Waals surface area contributed by atoms with Crippen LogP contribution in [0.15, 0.2) is 84.9 Å². The molecule has 1 aliphatic heterocycles. The Labute approximate surface area is 190 Å². The molecule has 166 valence electrons. The highest BCUT2D eigenvalue weighted by molar-refractivity contribution is 6.22. The summed E-state index contributed by atoms with van der Waals surface area (Å²) in [5.41, 5.74) is -1.19. The van der Waals surface area contributed by atoms with Gasteiger partial charge in [0.1, 0.15) is 11.7 Å². The topological polar surface area (TPSA) is 95.0 Å². The maximum atomic E-state index is 13.9. The van der Waals surface area contributed by atoms with E-state index in [1.807, 2.05) is 0 Å². The minimum atomic E-state index is -1.93. The fraction of sp³-hybridized carbons (Fsp3) is 0.154. The molecule has 1 aliphatic rings. The molecule has 0 radical (unpaired) electrons. The second kappa shape index (κ2) is 8.35. The van der Waals surface area contributed by atoms with Gasteiger partial charge >= 0.3 is 6.03 Å². The van der Waals surface area contributed by atoms with Crippen LogP contribution in [-0.4, -0.2) is 52.5 Å². The molecule has 0 spiro atoms. The molecule has 1 N–H and O–H groups in total. The zero-order valence-electron chi connectivity index (χ0n) is 18.1. The van der Waals surface area contributed by atoms with Crippen LogP contribution in [0.1, 0.15) is 26.3 Å². The number of imide groups is 1. The van der Waals surface area contributed by atoms with Gasteiger partial charge in [0, 0.05) is 25.2 Å². The predicted octanol–water partition coefficient (Wildman–Crippen LogP) is 3.49. The number of likely N-dealkylation sites (N-methyl/N-ethyl adjacent to an activating group) is 2. The summed E-state index contributed by atoms with van der Waals surface area (Å²) >= 11 is 0. The Balaban J connectivity index is 2.03. The van der Waals surface area contributed by atoms with E-state index in [0.717, 1.165) is 9.80 Å². The highest BCUT2D eigenvalue weighted by atomic mass is 16.3. The number of hydrogen-bond acceptors (Lipinski definition) is 5. The Morgan fingerprint density at radius 1 is 0.758 bits per heavy atom. The Morgan fingerprint density at radius 3 is 1.61 bits per heavy atom. The molecule has 3 amide bonds. The first-order valence-corrected chi connectivity index (χ1v) is 10.3. The fourth-order valence-corrected chi connectivity index (χ4v) is 4.41. The molecular weight excluding hydrogens is 420 g/mol. The van der Waals surface area contributed by atoms with Crippen molar-refractivity contribution in [3.05, 3.63) is 102 Å². The van der Waals surface area contributed by atoms with Crippen molar-refractivity contribution in [1.29, 1.82) is 0 Å². The van der Waals surface area contributed by atoms with E-state index in [1.165, 1.54) is 38.4 Å². The number of urea groups is 1. The van der Waals surface area contributed by atoms with Crippen LogP contribution in [0.3, 0.4) is 0 Å². The van der Waals surface area contributed by atoms with E-state index < -0.39 is 35.0 Å². The van der Waals surface area contributed by atoms with Gasteiger partial charge in [-0.15, -0.1) is 0 Å². The maximum absolute atomic E-state index is 13.9. The highest BCUT2D eigenvalue weighted by Gasteiger charge is 2.64. The molecule has 1 heterocycles. The van der Waals surface area contributed by atoms with E-state index in [1.54, 1.807) is 60.7 Å². The lowest BCUT2D eigenvalue weighted by atomic mass is 9.70. The minimum Gasteiger partial charge on any atom is -0.508 e. The van der Waals surface area contributed by atoms with Crippen LogP contribution < -0.4 is 0 Å². The van der Waals surface area contributed by atoms with Gasteiger partial charge in [-0.1, -0.05) is 72.8 Å². The Morgan fingerprint density at radius 2 is 1.21 bits per heavy atom. The number of aromatic hydroxyl groups is 1. The molecule has 3 aromatic rings. The third-order valence-corrected chi connectivity index (χ3v) is 6.10. The van der Waals surface area contributed by atoms with Crippen LogP contribution in [0.5, 0.6) is 5.75 Å². The van der Waals surface area contributed by atoms with Crippen molar-refractivity contribution in [2.24, 2.45) is 5.92 Å². The lowest BCUT2D eigenvalue weighted by molar-refractivity contribution is -0.134. The molecule has 3 aromatic carbocycles. The van der Waals surface area contributed by atoms with Gasteiger partial charge in [0.05, 0.1) is 0 Å². The summed E-state index contributed by atoms with van der Waals surface area (Å²) in [5.74, 6) is -3.47. The fourth-order valence-electron chi connectivity index (χ4n) is 4.41. The van der Waals surface area contributed by atoms with Gasteiger partial charge < -0.3 is 10.0 Å². The number of Topliss-reactive ketones (excluding diaryl/α,β-unsaturated/α-hetero) is 2. The molecule has 0 bridgehead atoms. The average Bonchev–Trinajstić information content (AvgIpc) is 3.02. The van der Waals surface area contributed by atoms with E-state index in [2.05, 4.69) is 0 Å². The number of ketones is 2. The Hall–Kier alpha value is -4.26. The van der Waals surface area contributed by atoms with E-state index in [4.69, 9.17) is 0 Å². The van der Waals surface area contributed by atoms with Crippen LogP contribution in [0.25, 0.3) is 0 Å². The van der Waals surface area contributed by atoms with Gasteiger partial charge in [-0.05, 0) is 17.7 Å². The number of phenolic OH excluding ortho intramolecular Hbond substituents is 1. The Kier molecular flexibility index (Phi) is 5.55. The van der Waals surface area contributed by atoms with Crippen molar-refractivity contribution >= 4 is 23.5 Å². The zero-order valence-corrected chi connectivity index (χ0v) is 18.1. The van der Waals surface area contributed by atoms with Crippen molar-refractivity contribution in [3.63, 3.8) is 0 Å². The summed E-state index contributed by atoms with van der Waals surface area (Å²) in [6.45, 7) is 0. The smallest absolute Gasteiger partial charge is 0.327 e. The minimum absolute atomic E-state index is 0.0537. The molecule has 7 nitrogen and oxygen atoms in total. The molecule has 1 unspecified atom stereocenters. The van der Waals surface area contributed by atoms with Gasteiger partial charge in [-0.2, -0.15) is 0 Å². The summed E-state index contributed by atoms with van der Waals surface area (Å²) in [7, 11) is 2.72. The van der Waals surface area contributed by atoms with Crippen LogP contribution in [0.2, 0.25) is 0 Å². The van der Waals surface area contributed by atoms with Gasteiger partial charge in [0.25, 0.3) is 5.91 Å². The number of benzene rings is 3. The molecule has 4 rings (SSSR count). The monoisotopic (exact) mass is 442 g/mol. The number of amides is 3. The highest BCUT2D eigenvalue weighted by Crippen LogP contribution is 2.45. The summed E-state index contributed by atoms with van der Waals surface area (Å²) in [5, 5.41) is 9.82. The summed E-state index contributed by atoms with van der Waals surface area (Å²) in [6, 6.07) is 21.4. The summed E-state index contributed by atoms with van der Waals surface area (Å²) in [4.78, 5) is 56.6. The van der Waals surface area contributed by atoms with Crippen molar-refractivity contribution in [1.82, 2.24) is 9.80 Å². The molecule has 1 atom stereocenters. The number of phenols is 1. The first-order valence-electron chi connectivity index (χ1n) is 10.3. The SMILES string of the molecule is CN1C(=O)N(C)C(c2ccc(O)cc2)(C(C(=O)c2ccccc2)C(=O)c2ccccc2)C1=O. The summed E-state index contributed by atoms with van der Waals surface area (Å²) in [6.07, 6.45) is 0. The third kappa shape index (κ3) is 3.38. The summed E-state index contributed by atoms with van der Waals surface area (Å²) < 4.78 is 0. The van der Waals surface area contributed by atoms with Crippen molar-refractivity contribution < 1.29 is 24.3 Å². The second-order valence-electron chi connectivity index (χ2n) is 7.91. The number of hydrogen-bond donors (Lipinski definition) is 1. The van der Waals surface area contributed by atoms with Crippen LogP contribution >= 0.6 is 0 Å². The molecule has 33 heavy (non-hydrogen) atoms. The number of nitrogens with zero attached hydrogens (tertiary/aromatic N) is 2. The van der Waals surface area contributed by atoms with Crippen molar-refractivity contribution in [2.45, 2.75) is 5.54 Å². The van der Waals surface area contributed by atoms with Crippen LogP contribution in [0, 0.1) is 5.92 Å². The van der Waals surface area contributed by atoms with E-state index in [9.17, 15) is 24.3 Å². The Bertz CT molecular complexity index is 1170. The van der Waals surface area contributed by atoms with Crippen molar-refractivity contribution in [3.8, 4) is 5.75 Å². The first kappa shape index (κ1) is 22.0. The lowest BCUT2D eigenvalue weighted by Crippen LogP contribution is -2.56. The molecule has 7 heteroatoms. The van der Waals surface area contributed by atoms with E-state index >= 15 is 0 Å². The van der Waals surface area contributed by atoms with Crippen LogP contribution in [-0.2, 0) is 10.3 Å². The molecule has 0 saturated carbocycles. The normalized spacial score (nSPS) is 18.2. The maximum Gasteiger partial charge on any atom is 0.327 e. The molecule has 0 aliphatic carbocycles. The lowest BCUT2D eigenvalue weighted by Gasteiger charge is -2.38. The van der Waals surface area contributed by atoms with E-state index in [0.29, 0.717) is 0 Å². The van der Waals surface area contributed by atoms with Gasteiger partial charge in [0.2, 0.25) is 0 Å². The van der Waals surface area contributed by atoms with Gasteiger partial charge in [-0.25, -0.2) is 4.79 Å². The van der Waals surface area contributed by atoms with Crippen molar-refractivity contribution in [2.75, 3.05) is 14.1 Å². The second-order valence-corrected chi connectivity index (χ2v) is 7.91. The quantitative estimate of drug-likeness (QED) is 0.358. The van der Waals surface area contributed by atoms with Gasteiger partial charge in [0.15, 0.2) is 17.1 Å². The molecule has 1 saturated heterocycles.